The second-order valence-electron chi connectivity index (χ2n) is 3.67. The molecule has 0 aliphatic heterocycles. The van der Waals surface area contributed by atoms with Crippen LogP contribution in [0.3, 0.4) is 0 Å². The number of hydrogen-bond donors (Lipinski definition) is 3. The van der Waals surface area contributed by atoms with E-state index in [2.05, 4.69) is 10.6 Å². The minimum Gasteiger partial charge on any atom is -0.465 e. The summed E-state index contributed by atoms with van der Waals surface area (Å²) in [6, 6.07) is 4.94. The van der Waals surface area contributed by atoms with Gasteiger partial charge in [0.25, 0.3) is 0 Å². The minimum absolute atomic E-state index is 0.345. The molecule has 2 amide bonds. The van der Waals surface area contributed by atoms with E-state index in [0.717, 1.165) is 6.42 Å². The Balaban J connectivity index is 2.77. The molecule has 0 fully saturated rings. The number of hydrogen-bond acceptors (Lipinski definition) is 3. The molecule has 6 nitrogen and oxygen atoms in total. The van der Waals surface area contributed by atoms with Crippen molar-refractivity contribution in [1.82, 2.24) is 0 Å². The van der Waals surface area contributed by atoms with E-state index in [1.807, 2.05) is 6.92 Å². The Morgan fingerprint density at radius 1 is 1.28 bits per heavy atom. The van der Waals surface area contributed by atoms with Crippen LogP contribution in [0.1, 0.15) is 18.9 Å². The van der Waals surface area contributed by atoms with Crippen molar-refractivity contribution in [3.05, 3.63) is 23.8 Å². The smallest absolute Gasteiger partial charge is 0.411 e. The predicted octanol–water partition coefficient (Wildman–Crippen LogP) is 3.04. The summed E-state index contributed by atoms with van der Waals surface area (Å²) in [5.41, 5.74) is 1.58. The summed E-state index contributed by atoms with van der Waals surface area (Å²) in [4.78, 5) is 22.0. The third-order valence-corrected chi connectivity index (χ3v) is 2.25. The van der Waals surface area contributed by atoms with Crippen molar-refractivity contribution in [3.63, 3.8) is 0 Å². The number of ether oxygens (including phenoxy) is 1. The molecular weight excluding hydrogens is 236 g/mol. The number of amides is 2. The standard InChI is InChI=1S/C12H16N2O4/c1-3-7-18-12(17)14-10-6-4-5-9(8(10)2)13-11(15)16/h4-6,13H,3,7H2,1-2H3,(H,14,17)(H,15,16). The summed E-state index contributed by atoms with van der Waals surface area (Å²) in [7, 11) is 0. The summed E-state index contributed by atoms with van der Waals surface area (Å²) in [5, 5.41) is 13.5. The molecule has 0 heterocycles. The summed E-state index contributed by atoms with van der Waals surface area (Å²) in [6.07, 6.45) is -0.955. The zero-order valence-electron chi connectivity index (χ0n) is 10.3. The first-order chi connectivity index (χ1) is 8.54. The summed E-state index contributed by atoms with van der Waals surface area (Å²) >= 11 is 0. The maximum Gasteiger partial charge on any atom is 0.411 e. The van der Waals surface area contributed by atoms with Crippen molar-refractivity contribution in [2.24, 2.45) is 0 Å². The van der Waals surface area contributed by atoms with Gasteiger partial charge in [0, 0.05) is 11.4 Å². The highest BCUT2D eigenvalue weighted by Gasteiger charge is 2.09. The van der Waals surface area contributed by atoms with E-state index in [0.29, 0.717) is 23.5 Å². The third kappa shape index (κ3) is 3.97. The molecule has 98 valence electrons. The Kier molecular flexibility index (Phi) is 4.98. The normalized spacial score (nSPS) is 9.67. The lowest BCUT2D eigenvalue weighted by molar-refractivity contribution is 0.161. The highest BCUT2D eigenvalue weighted by Crippen LogP contribution is 2.23. The van der Waals surface area contributed by atoms with Crippen LogP contribution < -0.4 is 10.6 Å². The van der Waals surface area contributed by atoms with Crippen LogP contribution in [0.25, 0.3) is 0 Å². The first-order valence-electron chi connectivity index (χ1n) is 5.58. The van der Waals surface area contributed by atoms with Gasteiger partial charge in [0.15, 0.2) is 0 Å². The molecule has 0 bridgehead atoms. The summed E-state index contributed by atoms with van der Waals surface area (Å²) in [5.74, 6) is 0. The van der Waals surface area contributed by atoms with Gasteiger partial charge in [-0.1, -0.05) is 13.0 Å². The number of carbonyl (C=O) groups excluding carboxylic acids is 1. The van der Waals surface area contributed by atoms with E-state index in [4.69, 9.17) is 9.84 Å². The third-order valence-electron chi connectivity index (χ3n) is 2.25. The first kappa shape index (κ1) is 13.8. The zero-order valence-corrected chi connectivity index (χ0v) is 10.3. The molecule has 0 aliphatic rings. The summed E-state index contributed by atoms with van der Waals surface area (Å²) < 4.78 is 4.88. The number of nitrogens with one attached hydrogen (secondary N) is 2. The molecule has 0 saturated heterocycles. The number of rotatable bonds is 4. The molecule has 18 heavy (non-hydrogen) atoms. The second-order valence-corrected chi connectivity index (χ2v) is 3.67. The molecule has 0 aromatic heterocycles. The molecule has 0 unspecified atom stereocenters. The van der Waals surface area contributed by atoms with Gasteiger partial charge in [-0.3, -0.25) is 10.6 Å². The number of benzene rings is 1. The molecule has 1 rings (SSSR count). The highest BCUT2D eigenvalue weighted by atomic mass is 16.5. The maximum absolute atomic E-state index is 11.4. The van der Waals surface area contributed by atoms with E-state index in [1.165, 1.54) is 0 Å². The van der Waals surface area contributed by atoms with Gasteiger partial charge in [-0.15, -0.1) is 0 Å². The minimum atomic E-state index is -1.15. The van der Waals surface area contributed by atoms with Gasteiger partial charge in [0.1, 0.15) is 0 Å². The van der Waals surface area contributed by atoms with Gasteiger partial charge < -0.3 is 9.84 Å². The Morgan fingerprint density at radius 2 is 1.89 bits per heavy atom. The van der Waals surface area contributed by atoms with E-state index in [9.17, 15) is 9.59 Å². The van der Waals surface area contributed by atoms with Crippen molar-refractivity contribution in [1.29, 1.82) is 0 Å². The molecule has 1 aromatic carbocycles. The molecule has 0 aliphatic carbocycles. The van der Waals surface area contributed by atoms with E-state index in [-0.39, 0.29) is 0 Å². The topological polar surface area (TPSA) is 87.7 Å². The van der Waals surface area contributed by atoms with Crippen LogP contribution in [0.5, 0.6) is 0 Å². The van der Waals surface area contributed by atoms with Crippen LogP contribution in [-0.4, -0.2) is 23.9 Å². The van der Waals surface area contributed by atoms with Crippen LogP contribution >= 0.6 is 0 Å². The second kappa shape index (κ2) is 6.48. The lowest BCUT2D eigenvalue weighted by atomic mass is 10.1. The quantitative estimate of drug-likeness (QED) is 0.768. The zero-order chi connectivity index (χ0) is 13.5. The fraction of sp³-hybridized carbons (Fsp3) is 0.333. The van der Waals surface area contributed by atoms with Crippen molar-refractivity contribution in [2.75, 3.05) is 17.2 Å². The van der Waals surface area contributed by atoms with Crippen LogP contribution in [0.4, 0.5) is 21.0 Å². The highest BCUT2D eigenvalue weighted by molar-refractivity contribution is 5.90. The lowest BCUT2D eigenvalue weighted by Gasteiger charge is -2.12. The molecule has 6 heteroatoms. The Hall–Kier alpha value is -2.24. The first-order valence-corrected chi connectivity index (χ1v) is 5.58. The van der Waals surface area contributed by atoms with Crippen molar-refractivity contribution < 1.29 is 19.4 Å². The van der Waals surface area contributed by atoms with Crippen LogP contribution in [-0.2, 0) is 4.74 Å². The summed E-state index contributed by atoms with van der Waals surface area (Å²) in [6.45, 7) is 3.95. The van der Waals surface area contributed by atoms with Gasteiger partial charge in [0.05, 0.1) is 6.61 Å². The van der Waals surface area contributed by atoms with Crippen molar-refractivity contribution in [3.8, 4) is 0 Å². The molecule has 3 N–H and O–H groups in total. The van der Waals surface area contributed by atoms with Crippen molar-refractivity contribution in [2.45, 2.75) is 20.3 Å². The van der Waals surface area contributed by atoms with Crippen LogP contribution in [0.15, 0.2) is 18.2 Å². The van der Waals surface area contributed by atoms with E-state index < -0.39 is 12.2 Å². The van der Waals surface area contributed by atoms with Gasteiger partial charge in [-0.05, 0) is 31.0 Å². The van der Waals surface area contributed by atoms with Gasteiger partial charge in [0.2, 0.25) is 0 Å². The molecule has 0 atom stereocenters. The fourth-order valence-electron chi connectivity index (χ4n) is 1.36. The fourth-order valence-corrected chi connectivity index (χ4v) is 1.36. The average molecular weight is 252 g/mol. The van der Waals surface area contributed by atoms with Gasteiger partial charge in [-0.2, -0.15) is 0 Å². The molecule has 0 spiro atoms. The van der Waals surface area contributed by atoms with Crippen LogP contribution in [0, 0.1) is 6.92 Å². The monoisotopic (exact) mass is 252 g/mol. The van der Waals surface area contributed by atoms with Crippen molar-refractivity contribution >= 4 is 23.6 Å². The van der Waals surface area contributed by atoms with Crippen LogP contribution in [0.2, 0.25) is 0 Å². The lowest BCUT2D eigenvalue weighted by Crippen LogP contribution is -2.16. The number of carbonyl (C=O) groups is 2. The molecule has 0 saturated carbocycles. The Morgan fingerprint density at radius 3 is 2.44 bits per heavy atom. The van der Waals surface area contributed by atoms with Gasteiger partial charge >= 0.3 is 12.2 Å². The number of anilines is 2. The molecule has 0 radical (unpaired) electrons. The predicted molar refractivity (Wildman–Crippen MR) is 68.1 cm³/mol. The SMILES string of the molecule is CCCOC(=O)Nc1cccc(NC(=O)O)c1C. The average Bonchev–Trinajstić information content (AvgIpc) is 2.31. The molecular formula is C12H16N2O4. The maximum atomic E-state index is 11.4. The Labute approximate surface area is 105 Å². The van der Waals surface area contributed by atoms with Gasteiger partial charge in [-0.25, -0.2) is 9.59 Å². The largest absolute Gasteiger partial charge is 0.465 e. The van der Waals surface area contributed by atoms with E-state index >= 15 is 0 Å². The Bertz CT molecular complexity index is 446. The molecule has 1 aromatic rings. The number of carboxylic acid groups (broad SMARTS) is 1. The van der Waals surface area contributed by atoms with E-state index in [1.54, 1.807) is 25.1 Å².